The zero-order valence-electron chi connectivity index (χ0n) is 18.0. The first-order chi connectivity index (χ1) is 14.8. The summed E-state index contributed by atoms with van der Waals surface area (Å²) < 4.78 is 45.3. The molecule has 0 saturated carbocycles. The predicted molar refractivity (Wildman–Crippen MR) is 93.0 cm³/mol. The SMILES string of the molecule is CC1C(O)O[C@H](CO)C(O)C1O.C[O-].O=C(NC1C(O)O[C@H](CO)C(O)C1O)C(F)(F)F.[Na+]. The molecule has 13 nitrogen and oxygen atoms in total. The first kappa shape index (κ1) is 35.0. The van der Waals surface area contributed by atoms with Crippen LogP contribution in [-0.2, 0) is 14.3 Å². The fourth-order valence-electron chi connectivity index (χ4n) is 2.72. The van der Waals surface area contributed by atoms with E-state index < -0.39 is 86.5 Å². The van der Waals surface area contributed by atoms with E-state index in [9.17, 15) is 43.5 Å². The van der Waals surface area contributed by atoms with E-state index in [0.717, 1.165) is 7.11 Å². The van der Waals surface area contributed by atoms with Gasteiger partial charge in [-0.2, -0.15) is 20.3 Å². The second kappa shape index (κ2) is 15.7. The zero-order chi connectivity index (χ0) is 25.4. The van der Waals surface area contributed by atoms with Gasteiger partial charge in [0.05, 0.1) is 19.3 Å². The molecule has 0 aliphatic carbocycles. The van der Waals surface area contributed by atoms with Crippen LogP contribution in [0.3, 0.4) is 0 Å². The molecule has 2 aliphatic heterocycles. The summed E-state index contributed by atoms with van der Waals surface area (Å²) in [5, 5.41) is 82.8. The number of aliphatic hydroxyl groups excluding tert-OH is 8. The summed E-state index contributed by atoms with van der Waals surface area (Å²) in [6.07, 6.45) is -16.4. The van der Waals surface area contributed by atoms with Gasteiger partial charge in [-0.3, -0.25) is 4.79 Å². The van der Waals surface area contributed by atoms with E-state index >= 15 is 0 Å². The molecular weight excluding hydrogens is 478 g/mol. The second-order valence-electron chi connectivity index (χ2n) is 6.81. The van der Waals surface area contributed by atoms with E-state index in [0.29, 0.717) is 0 Å². The summed E-state index contributed by atoms with van der Waals surface area (Å²) in [4.78, 5) is 10.6. The smallest absolute Gasteiger partial charge is 0.857 e. The van der Waals surface area contributed by atoms with Crippen LogP contribution in [0.4, 0.5) is 13.2 Å². The molecule has 0 aromatic heterocycles. The van der Waals surface area contributed by atoms with Gasteiger partial charge in [0.15, 0.2) is 12.6 Å². The summed E-state index contributed by atoms with van der Waals surface area (Å²) >= 11 is 0. The molecule has 8 unspecified atom stereocenters. The van der Waals surface area contributed by atoms with Gasteiger partial charge in [0.2, 0.25) is 0 Å². The molecule has 2 aliphatic rings. The van der Waals surface area contributed by atoms with Crippen LogP contribution >= 0.6 is 0 Å². The zero-order valence-corrected chi connectivity index (χ0v) is 20.0. The Labute approximate surface area is 208 Å². The number of nitrogens with one attached hydrogen (secondary N) is 1. The third-order valence-electron chi connectivity index (χ3n) is 4.67. The summed E-state index contributed by atoms with van der Waals surface area (Å²) in [5.41, 5.74) is 0. The van der Waals surface area contributed by atoms with Crippen molar-refractivity contribution in [3.63, 3.8) is 0 Å². The molecule has 2 fully saturated rings. The number of ether oxygens (including phenoxy) is 2. The largest absolute Gasteiger partial charge is 1.00 e. The van der Waals surface area contributed by atoms with E-state index in [4.69, 9.17) is 25.2 Å². The first-order valence-corrected chi connectivity index (χ1v) is 9.15. The average Bonchev–Trinajstić information content (AvgIpc) is 2.75. The van der Waals surface area contributed by atoms with Gasteiger partial charge >= 0.3 is 41.6 Å². The van der Waals surface area contributed by atoms with Crippen molar-refractivity contribution in [2.24, 2.45) is 5.92 Å². The number of carbonyl (C=O) groups is 1. The Morgan fingerprint density at radius 1 is 0.848 bits per heavy atom. The molecule has 0 aromatic carbocycles. The van der Waals surface area contributed by atoms with Crippen LogP contribution in [0.2, 0.25) is 0 Å². The molecule has 0 aromatic rings. The molecule has 0 radical (unpaired) electrons. The van der Waals surface area contributed by atoms with Crippen molar-refractivity contribution in [1.82, 2.24) is 5.32 Å². The van der Waals surface area contributed by atoms with Crippen molar-refractivity contribution in [1.29, 1.82) is 0 Å². The summed E-state index contributed by atoms with van der Waals surface area (Å²) in [6, 6.07) is -1.85. The third-order valence-corrected chi connectivity index (χ3v) is 4.67. The molecule has 1 amide bonds. The van der Waals surface area contributed by atoms with Gasteiger partial charge in [0.1, 0.15) is 36.6 Å². The Morgan fingerprint density at radius 3 is 1.64 bits per heavy atom. The molecule has 192 valence electrons. The normalized spacial score (nSPS) is 38.5. The van der Waals surface area contributed by atoms with Crippen molar-refractivity contribution in [3.05, 3.63) is 0 Å². The van der Waals surface area contributed by atoms with Crippen molar-refractivity contribution in [3.8, 4) is 0 Å². The number of hydrogen-bond donors (Lipinski definition) is 9. The van der Waals surface area contributed by atoms with Crippen molar-refractivity contribution >= 4 is 5.91 Å². The molecule has 0 bridgehead atoms. The molecule has 9 N–H and O–H groups in total. The minimum Gasteiger partial charge on any atom is -0.857 e. The number of carbonyl (C=O) groups excluding carboxylic acids is 1. The maximum Gasteiger partial charge on any atom is 1.00 e. The number of rotatable bonds is 3. The van der Waals surface area contributed by atoms with Crippen LogP contribution in [0, 0.1) is 5.92 Å². The molecule has 17 heteroatoms. The van der Waals surface area contributed by atoms with E-state index in [1.165, 1.54) is 5.32 Å². The maximum atomic E-state index is 12.0. The fraction of sp³-hybridized carbons (Fsp3) is 0.938. The van der Waals surface area contributed by atoms with Gasteiger partial charge in [-0.15, -0.1) is 0 Å². The number of hydrogen-bond acceptors (Lipinski definition) is 12. The average molecular weight is 507 g/mol. The minimum absolute atomic E-state index is 0. The van der Waals surface area contributed by atoms with Gasteiger partial charge in [0.25, 0.3) is 0 Å². The van der Waals surface area contributed by atoms with Crippen LogP contribution in [0.5, 0.6) is 0 Å². The monoisotopic (exact) mass is 507 g/mol. The molecule has 0 spiro atoms. The standard InChI is InChI=1S/C8H12F3NO6.C7H14O5.CH3O.Na/c9-8(10,11)7(17)12-3-5(15)4(14)2(1-13)18-6(3)16;1-3-5(9)6(10)4(2-8)12-7(3)11;1-2;/h2-6,13-16H,1H2,(H,12,17);3-11H,2H2,1H3;1H3;/q;;-1;+1/t2-,3?,4?,5?,6?;3?,4-,5?,6?,7?;;/m11../s1. The Bertz CT molecular complexity index is 559. The Morgan fingerprint density at radius 2 is 1.24 bits per heavy atom. The number of aliphatic hydroxyl groups is 8. The van der Waals surface area contributed by atoms with Crippen LogP contribution in [-0.4, -0.2) is 129 Å². The topological polar surface area (TPSA) is 232 Å². The van der Waals surface area contributed by atoms with Gasteiger partial charge in [0, 0.05) is 5.92 Å². The van der Waals surface area contributed by atoms with Crippen LogP contribution in [0.1, 0.15) is 6.92 Å². The van der Waals surface area contributed by atoms with E-state index in [-0.39, 0.29) is 29.6 Å². The van der Waals surface area contributed by atoms with E-state index in [1.807, 2.05) is 0 Å². The molecule has 2 rings (SSSR count). The maximum absolute atomic E-state index is 12.0. The Hall–Kier alpha value is -0.180. The molecule has 10 atom stereocenters. The van der Waals surface area contributed by atoms with Crippen molar-refractivity contribution < 1.29 is 103 Å². The van der Waals surface area contributed by atoms with Crippen LogP contribution in [0.15, 0.2) is 0 Å². The number of amides is 1. The number of halogens is 3. The van der Waals surface area contributed by atoms with Gasteiger partial charge in [-0.25, -0.2) is 0 Å². The Kier molecular flexibility index (Phi) is 16.7. The predicted octanol–water partition coefficient (Wildman–Crippen LogP) is -8.50. The molecule has 2 saturated heterocycles. The quantitative estimate of drug-likeness (QED) is 0.162. The number of alkyl halides is 3. The first-order valence-electron chi connectivity index (χ1n) is 9.15. The second-order valence-corrected chi connectivity index (χ2v) is 6.81. The Balaban J connectivity index is 0. The van der Waals surface area contributed by atoms with Gasteiger partial charge < -0.3 is 60.7 Å². The van der Waals surface area contributed by atoms with Gasteiger partial charge in [-0.1, -0.05) is 6.92 Å². The fourth-order valence-corrected chi connectivity index (χ4v) is 2.72. The van der Waals surface area contributed by atoms with Gasteiger partial charge in [-0.05, 0) is 0 Å². The summed E-state index contributed by atoms with van der Waals surface area (Å²) in [5.74, 6) is -2.92. The molecule has 33 heavy (non-hydrogen) atoms. The summed E-state index contributed by atoms with van der Waals surface area (Å²) in [6.45, 7) is 0.392. The van der Waals surface area contributed by atoms with E-state index in [2.05, 4.69) is 4.74 Å². The van der Waals surface area contributed by atoms with E-state index in [1.54, 1.807) is 6.92 Å². The molecule has 2 heterocycles. The summed E-state index contributed by atoms with van der Waals surface area (Å²) in [7, 11) is 0.750. The van der Waals surface area contributed by atoms with Crippen LogP contribution in [0.25, 0.3) is 0 Å². The molecular formula is C16H29F3NNaO12. The van der Waals surface area contributed by atoms with Crippen molar-refractivity contribution in [2.45, 2.75) is 68.3 Å². The van der Waals surface area contributed by atoms with Crippen LogP contribution < -0.4 is 40.0 Å². The van der Waals surface area contributed by atoms with Crippen molar-refractivity contribution in [2.75, 3.05) is 20.3 Å². The third kappa shape index (κ3) is 9.77. The minimum atomic E-state index is -5.20.